The third kappa shape index (κ3) is 3.08. The lowest BCUT2D eigenvalue weighted by molar-refractivity contribution is 0.467. The van der Waals surface area contributed by atoms with Gasteiger partial charge < -0.3 is 10.4 Å². The maximum atomic E-state index is 9.90. The average Bonchev–Trinajstić information content (AvgIpc) is 2.83. The van der Waals surface area contributed by atoms with E-state index in [0.29, 0.717) is 12.3 Å². The zero-order chi connectivity index (χ0) is 13.8. The Kier molecular flexibility index (Phi) is 4.10. The molecule has 2 aromatic rings. The first-order chi connectivity index (χ1) is 9.11. The summed E-state index contributed by atoms with van der Waals surface area (Å²) in [5.74, 6) is 0.367. The molecular formula is C15H21N3O. The fourth-order valence-electron chi connectivity index (χ4n) is 2.07. The molecule has 0 bridgehead atoms. The van der Waals surface area contributed by atoms with Crippen molar-refractivity contribution in [3.63, 3.8) is 0 Å². The standard InChI is InChI=1S/C15H21N3O/c1-4-7-18-10-13(9-17-18)8-16-14-6-5-11(2)15(19)12(14)3/h5-6,9-10,16,19H,4,7-8H2,1-3H3. The van der Waals surface area contributed by atoms with Crippen LogP contribution in [0.5, 0.6) is 5.75 Å². The minimum atomic E-state index is 0.367. The Labute approximate surface area is 114 Å². The Bertz CT molecular complexity index is 561. The van der Waals surface area contributed by atoms with Gasteiger partial charge in [-0.15, -0.1) is 0 Å². The van der Waals surface area contributed by atoms with Crippen molar-refractivity contribution in [3.05, 3.63) is 41.2 Å². The molecule has 0 aliphatic carbocycles. The third-order valence-electron chi connectivity index (χ3n) is 3.26. The summed E-state index contributed by atoms with van der Waals surface area (Å²) >= 11 is 0. The van der Waals surface area contributed by atoms with E-state index < -0.39 is 0 Å². The Morgan fingerprint density at radius 2 is 2.11 bits per heavy atom. The summed E-state index contributed by atoms with van der Waals surface area (Å²) in [4.78, 5) is 0. The fourth-order valence-corrected chi connectivity index (χ4v) is 2.07. The number of phenolic OH excluding ortho intramolecular Hbond substituents is 1. The average molecular weight is 259 g/mol. The number of hydrogen-bond donors (Lipinski definition) is 2. The van der Waals surface area contributed by atoms with Gasteiger partial charge in [-0.25, -0.2) is 0 Å². The maximum Gasteiger partial charge on any atom is 0.123 e. The number of nitrogens with one attached hydrogen (secondary N) is 1. The van der Waals surface area contributed by atoms with E-state index in [1.807, 2.05) is 36.9 Å². The number of rotatable bonds is 5. The predicted octanol–water partition coefficient (Wildman–Crippen LogP) is 3.23. The van der Waals surface area contributed by atoms with E-state index in [-0.39, 0.29) is 0 Å². The minimum absolute atomic E-state index is 0.367. The Hall–Kier alpha value is -1.97. The number of hydrogen-bond acceptors (Lipinski definition) is 3. The molecule has 0 spiro atoms. The van der Waals surface area contributed by atoms with Gasteiger partial charge in [0, 0.05) is 36.1 Å². The van der Waals surface area contributed by atoms with E-state index in [2.05, 4.69) is 23.5 Å². The van der Waals surface area contributed by atoms with E-state index in [1.165, 1.54) is 0 Å². The van der Waals surface area contributed by atoms with E-state index in [1.54, 1.807) is 0 Å². The van der Waals surface area contributed by atoms with Gasteiger partial charge in [0.1, 0.15) is 5.75 Å². The monoisotopic (exact) mass is 259 g/mol. The highest BCUT2D eigenvalue weighted by molar-refractivity contribution is 5.59. The largest absolute Gasteiger partial charge is 0.507 e. The van der Waals surface area contributed by atoms with Crippen LogP contribution in [0.2, 0.25) is 0 Å². The molecule has 1 heterocycles. The van der Waals surface area contributed by atoms with Gasteiger partial charge in [0.05, 0.1) is 6.20 Å². The van der Waals surface area contributed by atoms with Crippen LogP contribution in [0.3, 0.4) is 0 Å². The Morgan fingerprint density at radius 1 is 1.32 bits per heavy atom. The van der Waals surface area contributed by atoms with Gasteiger partial charge in [-0.05, 0) is 31.9 Å². The van der Waals surface area contributed by atoms with Crippen molar-refractivity contribution >= 4 is 5.69 Å². The van der Waals surface area contributed by atoms with Crippen molar-refractivity contribution in [3.8, 4) is 5.75 Å². The minimum Gasteiger partial charge on any atom is -0.507 e. The van der Waals surface area contributed by atoms with Gasteiger partial charge in [0.25, 0.3) is 0 Å². The predicted molar refractivity (Wildman–Crippen MR) is 77.4 cm³/mol. The molecule has 0 amide bonds. The van der Waals surface area contributed by atoms with Gasteiger partial charge in [-0.3, -0.25) is 4.68 Å². The van der Waals surface area contributed by atoms with Crippen LogP contribution in [0.4, 0.5) is 5.69 Å². The summed E-state index contributed by atoms with van der Waals surface area (Å²) in [5, 5.41) is 17.5. The van der Waals surface area contributed by atoms with Gasteiger partial charge in [-0.2, -0.15) is 5.10 Å². The van der Waals surface area contributed by atoms with Crippen molar-refractivity contribution in [2.24, 2.45) is 0 Å². The number of phenols is 1. The zero-order valence-electron chi connectivity index (χ0n) is 11.8. The van der Waals surface area contributed by atoms with Gasteiger partial charge in [0.15, 0.2) is 0 Å². The highest BCUT2D eigenvalue weighted by Crippen LogP contribution is 2.28. The van der Waals surface area contributed by atoms with Crippen LogP contribution in [0, 0.1) is 13.8 Å². The smallest absolute Gasteiger partial charge is 0.123 e. The first-order valence-corrected chi connectivity index (χ1v) is 6.66. The number of anilines is 1. The van der Waals surface area contributed by atoms with Crippen LogP contribution >= 0.6 is 0 Å². The summed E-state index contributed by atoms with van der Waals surface area (Å²) < 4.78 is 1.95. The normalized spacial score (nSPS) is 10.7. The zero-order valence-corrected chi connectivity index (χ0v) is 11.8. The number of aromatic hydroxyl groups is 1. The molecule has 0 fully saturated rings. The first kappa shape index (κ1) is 13.5. The lowest BCUT2D eigenvalue weighted by atomic mass is 10.1. The van der Waals surface area contributed by atoms with Gasteiger partial charge >= 0.3 is 0 Å². The molecule has 19 heavy (non-hydrogen) atoms. The summed E-state index contributed by atoms with van der Waals surface area (Å²) in [6.07, 6.45) is 5.02. The molecule has 1 aromatic carbocycles. The molecule has 0 aliphatic heterocycles. The van der Waals surface area contributed by atoms with Crippen molar-refractivity contribution in [2.45, 2.75) is 40.3 Å². The summed E-state index contributed by atoms with van der Waals surface area (Å²) in [6, 6.07) is 3.92. The van der Waals surface area contributed by atoms with Crippen LogP contribution in [-0.4, -0.2) is 14.9 Å². The van der Waals surface area contributed by atoms with Crippen LogP contribution in [0.25, 0.3) is 0 Å². The molecule has 0 radical (unpaired) electrons. The molecule has 4 nitrogen and oxygen atoms in total. The highest BCUT2D eigenvalue weighted by atomic mass is 16.3. The quantitative estimate of drug-likeness (QED) is 0.866. The Morgan fingerprint density at radius 3 is 2.84 bits per heavy atom. The van der Waals surface area contributed by atoms with Crippen LogP contribution in [0.1, 0.15) is 30.0 Å². The number of aryl methyl sites for hydroxylation is 2. The molecule has 0 unspecified atom stereocenters. The van der Waals surface area contributed by atoms with Crippen LogP contribution in [0.15, 0.2) is 24.5 Å². The summed E-state index contributed by atoms with van der Waals surface area (Å²) in [6.45, 7) is 7.63. The third-order valence-corrected chi connectivity index (χ3v) is 3.26. The number of benzene rings is 1. The topological polar surface area (TPSA) is 50.1 Å². The van der Waals surface area contributed by atoms with Crippen molar-refractivity contribution in [1.29, 1.82) is 0 Å². The van der Waals surface area contributed by atoms with Crippen molar-refractivity contribution in [2.75, 3.05) is 5.32 Å². The molecule has 2 N–H and O–H groups in total. The molecule has 0 aliphatic rings. The fraction of sp³-hybridized carbons (Fsp3) is 0.400. The SMILES string of the molecule is CCCn1cc(CNc2ccc(C)c(O)c2C)cn1. The molecule has 0 atom stereocenters. The second kappa shape index (κ2) is 5.78. The Balaban J connectivity index is 2.04. The van der Waals surface area contributed by atoms with Crippen LogP contribution < -0.4 is 5.32 Å². The van der Waals surface area contributed by atoms with Crippen LogP contribution in [-0.2, 0) is 13.1 Å². The molecule has 1 aromatic heterocycles. The molecule has 0 saturated heterocycles. The summed E-state index contributed by atoms with van der Waals surface area (Å²) in [5.41, 5.74) is 3.90. The molecular weight excluding hydrogens is 238 g/mol. The van der Waals surface area contributed by atoms with Gasteiger partial charge in [0.2, 0.25) is 0 Å². The number of nitrogens with zero attached hydrogens (tertiary/aromatic N) is 2. The molecule has 0 saturated carbocycles. The molecule has 102 valence electrons. The summed E-state index contributed by atoms with van der Waals surface area (Å²) in [7, 11) is 0. The highest BCUT2D eigenvalue weighted by Gasteiger charge is 2.06. The van der Waals surface area contributed by atoms with E-state index in [4.69, 9.17) is 0 Å². The lowest BCUT2D eigenvalue weighted by Gasteiger charge is -2.11. The van der Waals surface area contributed by atoms with Gasteiger partial charge in [-0.1, -0.05) is 13.0 Å². The second-order valence-electron chi connectivity index (χ2n) is 4.87. The van der Waals surface area contributed by atoms with Crippen molar-refractivity contribution in [1.82, 2.24) is 9.78 Å². The van der Waals surface area contributed by atoms with E-state index >= 15 is 0 Å². The molecule has 2 rings (SSSR count). The first-order valence-electron chi connectivity index (χ1n) is 6.66. The molecule has 4 heteroatoms. The lowest BCUT2D eigenvalue weighted by Crippen LogP contribution is -2.01. The van der Waals surface area contributed by atoms with Crippen molar-refractivity contribution < 1.29 is 5.11 Å². The van der Waals surface area contributed by atoms with E-state index in [9.17, 15) is 5.11 Å². The number of aromatic nitrogens is 2. The van der Waals surface area contributed by atoms with E-state index in [0.717, 1.165) is 35.3 Å². The second-order valence-corrected chi connectivity index (χ2v) is 4.87. The maximum absolute atomic E-state index is 9.90.